The van der Waals surface area contributed by atoms with Gasteiger partial charge in [-0.1, -0.05) is 31.2 Å². The number of carbonyl (C=O) groups is 2. The maximum absolute atomic E-state index is 12.9. The number of carbonyl (C=O) groups excluding carboxylic acids is 2. The zero-order valence-electron chi connectivity index (χ0n) is 17.5. The van der Waals surface area contributed by atoms with Crippen molar-refractivity contribution in [2.75, 3.05) is 5.88 Å². The number of aromatic amines is 1. The zero-order valence-corrected chi connectivity index (χ0v) is 18.3. The largest absolute Gasteiger partial charge is 0.358 e. The summed E-state index contributed by atoms with van der Waals surface area (Å²) in [7, 11) is 0. The molecule has 1 amide bonds. The fourth-order valence-electron chi connectivity index (χ4n) is 5.17. The van der Waals surface area contributed by atoms with Gasteiger partial charge in [0.1, 0.15) is 5.69 Å². The van der Waals surface area contributed by atoms with Crippen molar-refractivity contribution in [2.45, 2.75) is 44.6 Å². The minimum absolute atomic E-state index is 0.00360. The summed E-state index contributed by atoms with van der Waals surface area (Å²) in [6.45, 7) is 2.13. The number of benzene rings is 1. The van der Waals surface area contributed by atoms with Crippen LogP contribution in [0.1, 0.15) is 59.4 Å². The molecule has 3 aromatic rings. The summed E-state index contributed by atoms with van der Waals surface area (Å²) in [6.07, 6.45) is 5.82. The van der Waals surface area contributed by atoms with Crippen LogP contribution in [0.25, 0.3) is 10.9 Å². The number of alkyl halides is 1. The van der Waals surface area contributed by atoms with Gasteiger partial charge in [-0.15, -0.1) is 11.6 Å². The number of aromatic nitrogens is 2. The Balaban J connectivity index is 1.54. The van der Waals surface area contributed by atoms with E-state index in [1.807, 2.05) is 18.2 Å². The number of hydrogen-bond acceptors (Lipinski definition) is 3. The average Bonchev–Trinajstić information content (AvgIpc) is 3.13. The maximum atomic E-state index is 12.9. The predicted octanol–water partition coefficient (Wildman–Crippen LogP) is 4.59. The summed E-state index contributed by atoms with van der Waals surface area (Å²) in [5.41, 5.74) is 4.75. The molecule has 31 heavy (non-hydrogen) atoms. The van der Waals surface area contributed by atoms with Crippen molar-refractivity contribution in [2.24, 2.45) is 11.8 Å². The second kappa shape index (κ2) is 8.12. The van der Waals surface area contributed by atoms with Gasteiger partial charge in [0.25, 0.3) is 5.91 Å². The second-order valence-electron chi connectivity index (χ2n) is 8.93. The van der Waals surface area contributed by atoms with Crippen LogP contribution in [-0.2, 0) is 11.2 Å². The Hall–Kier alpha value is -2.66. The van der Waals surface area contributed by atoms with Gasteiger partial charge in [0.2, 0.25) is 0 Å². The average molecular weight is 436 g/mol. The Bertz CT molecular complexity index is 1130. The lowest BCUT2D eigenvalue weighted by molar-refractivity contribution is -0.122. The number of nitrogens with zero attached hydrogens (tertiary/aromatic N) is 1. The first-order valence-corrected chi connectivity index (χ1v) is 11.5. The molecule has 5 rings (SSSR count). The third kappa shape index (κ3) is 3.55. The minimum Gasteiger partial charge on any atom is -0.358 e. The molecule has 0 radical (unpaired) electrons. The van der Waals surface area contributed by atoms with E-state index in [1.54, 1.807) is 12.3 Å². The van der Waals surface area contributed by atoms with Crippen molar-refractivity contribution in [3.05, 3.63) is 65.1 Å². The van der Waals surface area contributed by atoms with Crippen LogP contribution in [0.3, 0.4) is 0 Å². The van der Waals surface area contributed by atoms with Crippen LogP contribution in [0, 0.1) is 11.8 Å². The molecule has 6 heteroatoms. The van der Waals surface area contributed by atoms with Gasteiger partial charge in [-0.3, -0.25) is 14.6 Å². The van der Waals surface area contributed by atoms with Gasteiger partial charge in [-0.25, -0.2) is 0 Å². The Labute approximate surface area is 186 Å². The van der Waals surface area contributed by atoms with Crippen molar-refractivity contribution in [3.63, 3.8) is 0 Å². The molecule has 2 aromatic heterocycles. The van der Waals surface area contributed by atoms with Crippen LogP contribution >= 0.6 is 11.6 Å². The molecular formula is C25H26ClN3O2. The van der Waals surface area contributed by atoms with Crippen LogP contribution in [0.4, 0.5) is 0 Å². The Morgan fingerprint density at radius 3 is 2.68 bits per heavy atom. The topological polar surface area (TPSA) is 74.8 Å². The number of Topliss-reactive ketones (excluding diaryl/α,β-unsaturated/α-hetero) is 1. The first-order chi connectivity index (χ1) is 15.1. The molecule has 0 bridgehead atoms. The lowest BCUT2D eigenvalue weighted by Crippen LogP contribution is -2.39. The lowest BCUT2D eigenvalue weighted by Gasteiger charge is -2.35. The van der Waals surface area contributed by atoms with Gasteiger partial charge >= 0.3 is 0 Å². The number of nitrogens with one attached hydrogen (secondary N) is 2. The molecule has 1 unspecified atom stereocenters. The number of rotatable bonds is 5. The van der Waals surface area contributed by atoms with Crippen molar-refractivity contribution < 1.29 is 9.59 Å². The molecule has 1 fully saturated rings. The summed E-state index contributed by atoms with van der Waals surface area (Å²) < 4.78 is 0. The number of H-pyrrole nitrogens is 1. The summed E-state index contributed by atoms with van der Waals surface area (Å²) >= 11 is 6.02. The highest BCUT2D eigenvalue weighted by Gasteiger charge is 2.41. The molecule has 2 heterocycles. The number of fused-ring (bicyclic) bond motifs is 3. The third-order valence-electron chi connectivity index (χ3n) is 6.98. The molecule has 5 nitrogen and oxygen atoms in total. The first kappa shape index (κ1) is 20.3. The van der Waals surface area contributed by atoms with Gasteiger partial charge < -0.3 is 10.3 Å². The molecule has 0 aliphatic heterocycles. The monoisotopic (exact) mass is 435 g/mol. The first-order valence-electron chi connectivity index (χ1n) is 11.0. The van der Waals surface area contributed by atoms with Crippen LogP contribution in [0.15, 0.2) is 42.6 Å². The van der Waals surface area contributed by atoms with Gasteiger partial charge in [0.05, 0.1) is 5.88 Å². The van der Waals surface area contributed by atoms with E-state index in [2.05, 4.69) is 34.3 Å². The van der Waals surface area contributed by atoms with Gasteiger partial charge in [-0.05, 0) is 54.9 Å². The standard InChI is InChI=1S/C25H26ClN3O2/c1-14-11-18-17-7-2-3-8-19(17)29-24(18)23(22(14)21(30)12-26)15-9-10-20(27-13-15)25(31)28-16-5-4-6-16/h2-3,7-10,13-14,16,22-23,29H,4-6,11-12H2,1H3,(H,28,31)/t14-,22?,23+/m0/s1. The number of hydrogen-bond donors (Lipinski definition) is 2. The number of para-hydroxylation sites is 1. The Morgan fingerprint density at radius 1 is 1.19 bits per heavy atom. The number of pyridine rings is 1. The van der Waals surface area contributed by atoms with E-state index in [1.165, 1.54) is 17.4 Å². The lowest BCUT2D eigenvalue weighted by atomic mass is 9.68. The van der Waals surface area contributed by atoms with Crippen LogP contribution in [0.5, 0.6) is 0 Å². The van der Waals surface area contributed by atoms with E-state index in [4.69, 9.17) is 11.6 Å². The molecule has 1 aromatic carbocycles. The minimum atomic E-state index is -0.227. The van der Waals surface area contributed by atoms with E-state index < -0.39 is 0 Å². The molecular weight excluding hydrogens is 410 g/mol. The number of amides is 1. The summed E-state index contributed by atoms with van der Waals surface area (Å²) in [5, 5.41) is 4.23. The van der Waals surface area contributed by atoms with Gasteiger partial charge in [-0.2, -0.15) is 0 Å². The van der Waals surface area contributed by atoms with Crippen molar-refractivity contribution in [3.8, 4) is 0 Å². The van der Waals surface area contributed by atoms with E-state index in [0.29, 0.717) is 5.69 Å². The normalized spacial score (nSPS) is 23.2. The highest BCUT2D eigenvalue weighted by Crippen LogP contribution is 2.46. The summed E-state index contributed by atoms with van der Waals surface area (Å²) in [5.74, 6) is -0.313. The third-order valence-corrected chi connectivity index (χ3v) is 7.24. The Kier molecular flexibility index (Phi) is 5.30. The van der Waals surface area contributed by atoms with Gasteiger partial charge in [0, 0.05) is 40.7 Å². The molecule has 1 saturated carbocycles. The number of halogens is 1. The molecule has 160 valence electrons. The SMILES string of the molecule is C[C@H]1Cc2c([nH]c3ccccc23)[C@H](c2ccc(C(=O)NC3CCC3)nc2)C1C(=O)CCl. The number of ketones is 1. The molecule has 2 aliphatic rings. The fraction of sp³-hybridized carbons (Fsp3) is 0.400. The van der Waals surface area contributed by atoms with Crippen molar-refractivity contribution >= 4 is 34.2 Å². The van der Waals surface area contributed by atoms with Crippen LogP contribution in [0.2, 0.25) is 0 Å². The van der Waals surface area contributed by atoms with E-state index in [0.717, 1.165) is 36.0 Å². The molecule has 2 aliphatic carbocycles. The van der Waals surface area contributed by atoms with Crippen LogP contribution in [-0.4, -0.2) is 33.6 Å². The second-order valence-corrected chi connectivity index (χ2v) is 9.19. The van der Waals surface area contributed by atoms with Crippen molar-refractivity contribution in [1.29, 1.82) is 0 Å². The molecule has 2 N–H and O–H groups in total. The molecule has 0 saturated heterocycles. The molecule has 3 atom stereocenters. The van der Waals surface area contributed by atoms with Crippen LogP contribution < -0.4 is 5.32 Å². The fourth-order valence-corrected chi connectivity index (χ4v) is 5.34. The zero-order chi connectivity index (χ0) is 21.5. The maximum Gasteiger partial charge on any atom is 0.270 e. The highest BCUT2D eigenvalue weighted by molar-refractivity contribution is 6.28. The summed E-state index contributed by atoms with van der Waals surface area (Å²) in [4.78, 5) is 33.4. The van der Waals surface area contributed by atoms with E-state index in [9.17, 15) is 9.59 Å². The summed E-state index contributed by atoms with van der Waals surface area (Å²) in [6, 6.07) is 12.2. The van der Waals surface area contributed by atoms with Gasteiger partial charge in [0.15, 0.2) is 5.78 Å². The van der Waals surface area contributed by atoms with E-state index >= 15 is 0 Å². The molecule has 0 spiro atoms. The Morgan fingerprint density at radius 2 is 2.00 bits per heavy atom. The predicted molar refractivity (Wildman–Crippen MR) is 122 cm³/mol. The quantitative estimate of drug-likeness (QED) is 0.575. The highest BCUT2D eigenvalue weighted by atomic mass is 35.5. The van der Waals surface area contributed by atoms with Crippen molar-refractivity contribution in [1.82, 2.24) is 15.3 Å². The van der Waals surface area contributed by atoms with E-state index in [-0.39, 0.29) is 41.4 Å². The smallest absolute Gasteiger partial charge is 0.270 e.